The first kappa shape index (κ1) is 7.85. The van der Waals surface area contributed by atoms with E-state index in [4.69, 9.17) is 4.55 Å². The van der Waals surface area contributed by atoms with Gasteiger partial charge in [0.05, 0.1) is 5.75 Å². The Labute approximate surface area is 51.9 Å². The first-order valence-electron chi connectivity index (χ1n) is 2.46. The Kier molecular flexibility index (Phi) is 4.90. The van der Waals surface area contributed by atoms with Crippen molar-refractivity contribution in [3.8, 4) is 0 Å². The zero-order valence-electron chi connectivity index (χ0n) is 4.83. The summed E-state index contributed by atoms with van der Waals surface area (Å²) in [5.74, 6) is 0.352. The Balaban J connectivity index is 3.05. The second-order valence-corrected chi connectivity index (χ2v) is 2.43. The molecule has 0 aliphatic carbocycles. The maximum Gasteiger partial charge on any atom is 0.153 e. The highest BCUT2D eigenvalue weighted by molar-refractivity contribution is 7.79. The molecule has 0 aliphatic rings. The third-order valence-corrected chi connectivity index (χ3v) is 1.28. The lowest BCUT2D eigenvalue weighted by Gasteiger charge is -1.84. The van der Waals surface area contributed by atoms with E-state index in [1.54, 1.807) is 0 Å². The van der Waals surface area contributed by atoms with Crippen molar-refractivity contribution in [2.75, 3.05) is 5.75 Å². The molecule has 3 heteroatoms. The van der Waals surface area contributed by atoms with Gasteiger partial charge in [0.15, 0.2) is 11.1 Å². The minimum absolute atomic E-state index is 0.352. The number of hydrogen-bond donors (Lipinski definition) is 1. The van der Waals surface area contributed by atoms with Gasteiger partial charge < -0.3 is 4.55 Å². The van der Waals surface area contributed by atoms with Crippen molar-refractivity contribution < 1.29 is 8.76 Å². The van der Waals surface area contributed by atoms with Gasteiger partial charge in [-0.2, -0.15) is 0 Å². The van der Waals surface area contributed by atoms with Crippen LogP contribution in [0, 0.1) is 0 Å². The summed E-state index contributed by atoms with van der Waals surface area (Å²) < 4.78 is 18.2. The first-order valence-corrected chi connectivity index (χ1v) is 3.73. The monoisotopic (exact) mass is 134 g/mol. The van der Waals surface area contributed by atoms with Gasteiger partial charge in [0.25, 0.3) is 0 Å². The SMILES string of the molecule is CC=CCCS(=O)O. The summed E-state index contributed by atoms with van der Waals surface area (Å²) in [6.07, 6.45) is 4.43. The Hall–Kier alpha value is -0.150. The Bertz CT molecular complexity index is 98.6. The lowest BCUT2D eigenvalue weighted by atomic mass is 10.4. The predicted molar refractivity (Wildman–Crippen MR) is 35.1 cm³/mol. The van der Waals surface area contributed by atoms with Gasteiger partial charge in [-0.15, -0.1) is 0 Å². The maximum absolute atomic E-state index is 9.95. The zero-order valence-corrected chi connectivity index (χ0v) is 5.65. The van der Waals surface area contributed by atoms with Crippen molar-refractivity contribution in [2.45, 2.75) is 13.3 Å². The maximum atomic E-state index is 9.95. The van der Waals surface area contributed by atoms with E-state index in [-0.39, 0.29) is 0 Å². The molecule has 0 heterocycles. The third kappa shape index (κ3) is 5.85. The molecule has 0 saturated heterocycles. The Morgan fingerprint density at radius 2 is 2.38 bits per heavy atom. The topological polar surface area (TPSA) is 37.3 Å². The van der Waals surface area contributed by atoms with Gasteiger partial charge in [-0.1, -0.05) is 12.2 Å². The summed E-state index contributed by atoms with van der Waals surface area (Å²) in [5.41, 5.74) is 0. The van der Waals surface area contributed by atoms with Gasteiger partial charge in [0.2, 0.25) is 0 Å². The van der Waals surface area contributed by atoms with Crippen molar-refractivity contribution in [1.29, 1.82) is 0 Å². The van der Waals surface area contributed by atoms with Crippen LogP contribution in [0.25, 0.3) is 0 Å². The quantitative estimate of drug-likeness (QED) is 0.464. The van der Waals surface area contributed by atoms with Crippen LogP contribution in [-0.4, -0.2) is 14.5 Å². The largest absolute Gasteiger partial charge is 0.306 e. The van der Waals surface area contributed by atoms with Gasteiger partial charge in [0.1, 0.15) is 0 Å². The Morgan fingerprint density at radius 3 is 2.75 bits per heavy atom. The van der Waals surface area contributed by atoms with Gasteiger partial charge >= 0.3 is 0 Å². The highest BCUT2D eigenvalue weighted by Gasteiger charge is 1.86. The zero-order chi connectivity index (χ0) is 6.41. The molecule has 0 aromatic carbocycles. The van der Waals surface area contributed by atoms with E-state index in [0.717, 1.165) is 0 Å². The molecule has 0 radical (unpaired) electrons. The van der Waals surface area contributed by atoms with E-state index in [0.29, 0.717) is 12.2 Å². The van der Waals surface area contributed by atoms with E-state index in [1.807, 2.05) is 19.1 Å². The molecule has 0 amide bonds. The first-order chi connectivity index (χ1) is 3.77. The number of hydrogen-bond acceptors (Lipinski definition) is 1. The lowest BCUT2D eigenvalue weighted by Crippen LogP contribution is -1.91. The van der Waals surface area contributed by atoms with Crippen molar-refractivity contribution in [3.05, 3.63) is 12.2 Å². The number of allylic oxidation sites excluding steroid dienone is 2. The van der Waals surface area contributed by atoms with Gasteiger partial charge in [-0.05, 0) is 13.3 Å². The van der Waals surface area contributed by atoms with Crippen molar-refractivity contribution in [3.63, 3.8) is 0 Å². The molecule has 0 bridgehead atoms. The van der Waals surface area contributed by atoms with E-state index < -0.39 is 11.1 Å². The van der Waals surface area contributed by atoms with Gasteiger partial charge in [-0.3, -0.25) is 0 Å². The fraction of sp³-hybridized carbons (Fsp3) is 0.600. The minimum Gasteiger partial charge on any atom is -0.306 e. The molecule has 0 aliphatic heterocycles. The van der Waals surface area contributed by atoms with Crippen LogP contribution >= 0.6 is 0 Å². The van der Waals surface area contributed by atoms with Crippen LogP contribution in [0.3, 0.4) is 0 Å². The van der Waals surface area contributed by atoms with Crippen LogP contribution in [0.4, 0.5) is 0 Å². The molecule has 0 aromatic heterocycles. The van der Waals surface area contributed by atoms with E-state index in [9.17, 15) is 4.21 Å². The third-order valence-electron chi connectivity index (χ3n) is 0.695. The van der Waals surface area contributed by atoms with Crippen molar-refractivity contribution in [2.24, 2.45) is 0 Å². The van der Waals surface area contributed by atoms with Crippen LogP contribution < -0.4 is 0 Å². The van der Waals surface area contributed by atoms with Crippen molar-refractivity contribution >= 4 is 11.1 Å². The van der Waals surface area contributed by atoms with Gasteiger partial charge in [-0.25, -0.2) is 4.21 Å². The molecule has 0 saturated carbocycles. The van der Waals surface area contributed by atoms with Crippen LogP contribution in [-0.2, 0) is 11.1 Å². The molecule has 0 fully saturated rings. The molecular weight excluding hydrogens is 124 g/mol. The molecule has 1 atom stereocenters. The molecule has 8 heavy (non-hydrogen) atoms. The molecule has 0 spiro atoms. The smallest absolute Gasteiger partial charge is 0.153 e. The molecule has 2 nitrogen and oxygen atoms in total. The summed E-state index contributed by atoms with van der Waals surface area (Å²) in [6.45, 7) is 1.89. The fourth-order valence-electron chi connectivity index (χ4n) is 0.336. The van der Waals surface area contributed by atoms with Crippen LogP contribution in [0.15, 0.2) is 12.2 Å². The average molecular weight is 134 g/mol. The molecule has 0 aromatic rings. The van der Waals surface area contributed by atoms with Gasteiger partial charge in [0, 0.05) is 0 Å². The predicted octanol–water partition coefficient (Wildman–Crippen LogP) is 1.17. The minimum atomic E-state index is -1.62. The van der Waals surface area contributed by atoms with E-state index in [1.165, 1.54) is 0 Å². The molecule has 0 rings (SSSR count). The molecular formula is C5H10O2S. The summed E-state index contributed by atoms with van der Waals surface area (Å²) in [4.78, 5) is 0. The average Bonchev–Trinajstić information content (AvgIpc) is 1.66. The Morgan fingerprint density at radius 1 is 1.75 bits per heavy atom. The fourth-order valence-corrected chi connectivity index (χ4v) is 0.673. The second-order valence-electron chi connectivity index (χ2n) is 1.38. The standard InChI is InChI=1S/C5H10O2S/c1-2-3-4-5-8(6)7/h2-3H,4-5H2,1H3,(H,6,7). The highest BCUT2D eigenvalue weighted by atomic mass is 32.2. The molecule has 48 valence electrons. The summed E-state index contributed by atoms with van der Waals surface area (Å²) in [5, 5.41) is 0. The van der Waals surface area contributed by atoms with E-state index in [2.05, 4.69) is 0 Å². The normalized spacial score (nSPS) is 14.8. The molecule has 1 N–H and O–H groups in total. The lowest BCUT2D eigenvalue weighted by molar-refractivity contribution is 0.564. The van der Waals surface area contributed by atoms with Crippen molar-refractivity contribution in [1.82, 2.24) is 0 Å². The van der Waals surface area contributed by atoms with Crippen LogP contribution in [0.1, 0.15) is 13.3 Å². The van der Waals surface area contributed by atoms with Crippen LogP contribution in [0.2, 0.25) is 0 Å². The second kappa shape index (κ2) is 5.00. The van der Waals surface area contributed by atoms with Crippen LogP contribution in [0.5, 0.6) is 0 Å². The number of rotatable bonds is 3. The molecule has 1 unspecified atom stereocenters. The highest BCUT2D eigenvalue weighted by Crippen LogP contribution is 1.84. The van der Waals surface area contributed by atoms with E-state index >= 15 is 0 Å². The summed E-state index contributed by atoms with van der Waals surface area (Å²) >= 11 is -1.62. The summed E-state index contributed by atoms with van der Waals surface area (Å²) in [7, 11) is 0. The summed E-state index contributed by atoms with van der Waals surface area (Å²) in [6, 6.07) is 0.